The first-order chi connectivity index (χ1) is 22.8. The van der Waals surface area contributed by atoms with Crippen LogP contribution in [-0.4, -0.2) is 0 Å². The molecule has 2 aliphatic carbocycles. The number of fused-ring (bicyclic) bond motifs is 9. The standard InChI is InChI=1S/C44H29NO/c45-28-29-21-23-30(24-22-29)32-11-1-3-13-34(32)35-14-4-2-12-33(35)31-25-26-41-43(27-31)46-42-20-10-9-19-40(42)44(41)38-17-7-5-15-36(38)37-16-6-8-18-39(37)44/h1-27,33,35H. The smallest absolute Gasteiger partial charge is 0.132 e. The zero-order valence-electron chi connectivity index (χ0n) is 25.1. The Morgan fingerprint density at radius 1 is 0.522 bits per heavy atom. The number of ether oxygens (including phenoxy) is 1. The van der Waals surface area contributed by atoms with E-state index in [-0.39, 0.29) is 11.8 Å². The van der Waals surface area contributed by atoms with Gasteiger partial charge in [0, 0.05) is 23.0 Å². The summed E-state index contributed by atoms with van der Waals surface area (Å²) >= 11 is 0. The van der Waals surface area contributed by atoms with Crippen LogP contribution < -0.4 is 4.74 Å². The Bertz CT molecular complexity index is 2220. The lowest BCUT2D eigenvalue weighted by Gasteiger charge is -2.40. The third kappa shape index (κ3) is 3.76. The molecule has 0 fully saturated rings. The fourth-order valence-corrected chi connectivity index (χ4v) is 8.08. The number of nitriles is 1. The molecule has 2 heteroatoms. The first-order valence-electron chi connectivity index (χ1n) is 15.8. The van der Waals surface area contributed by atoms with E-state index < -0.39 is 5.41 Å². The van der Waals surface area contributed by atoms with Gasteiger partial charge in [-0.25, -0.2) is 0 Å². The van der Waals surface area contributed by atoms with Gasteiger partial charge in [0.25, 0.3) is 0 Å². The number of para-hydroxylation sites is 1. The molecule has 0 aromatic heterocycles. The summed E-state index contributed by atoms with van der Waals surface area (Å²) < 4.78 is 6.81. The number of allylic oxidation sites excluding steroid dienone is 4. The maximum absolute atomic E-state index is 9.34. The van der Waals surface area contributed by atoms with Crippen LogP contribution in [-0.2, 0) is 5.41 Å². The molecule has 0 saturated carbocycles. The quantitative estimate of drug-likeness (QED) is 0.206. The highest BCUT2D eigenvalue weighted by molar-refractivity contribution is 5.88. The molecule has 0 amide bonds. The third-order valence-corrected chi connectivity index (χ3v) is 10.0. The minimum atomic E-state index is -0.459. The highest BCUT2D eigenvalue weighted by Gasteiger charge is 2.51. The molecule has 46 heavy (non-hydrogen) atoms. The maximum atomic E-state index is 9.34. The van der Waals surface area contributed by atoms with Crippen molar-refractivity contribution in [3.63, 3.8) is 0 Å². The van der Waals surface area contributed by atoms with Gasteiger partial charge >= 0.3 is 0 Å². The van der Waals surface area contributed by atoms with Gasteiger partial charge in [0.1, 0.15) is 11.5 Å². The van der Waals surface area contributed by atoms with Crippen molar-refractivity contribution >= 4 is 0 Å². The molecule has 2 unspecified atom stereocenters. The molecule has 1 aliphatic heterocycles. The van der Waals surface area contributed by atoms with Crippen molar-refractivity contribution in [3.05, 3.63) is 203 Å². The molecule has 216 valence electrons. The molecule has 1 spiro atoms. The summed E-state index contributed by atoms with van der Waals surface area (Å²) in [6.07, 6.45) is 8.94. The minimum absolute atomic E-state index is 0.120. The molecule has 9 rings (SSSR count). The molecule has 0 bridgehead atoms. The summed E-state index contributed by atoms with van der Waals surface area (Å²) in [6.45, 7) is 0. The monoisotopic (exact) mass is 587 g/mol. The number of benzene rings is 6. The number of rotatable bonds is 3. The predicted octanol–water partition coefficient (Wildman–Crippen LogP) is 10.7. The summed E-state index contributed by atoms with van der Waals surface area (Å²) in [7, 11) is 0. The van der Waals surface area contributed by atoms with Crippen LogP contribution in [0.1, 0.15) is 50.8 Å². The van der Waals surface area contributed by atoms with E-state index in [4.69, 9.17) is 4.74 Å². The van der Waals surface area contributed by atoms with E-state index in [9.17, 15) is 5.26 Å². The number of nitrogens with zero attached hydrogens (tertiary/aromatic N) is 1. The zero-order valence-corrected chi connectivity index (χ0v) is 25.1. The Balaban J connectivity index is 1.21. The molecule has 0 radical (unpaired) electrons. The molecule has 1 heterocycles. The molecule has 3 aliphatic rings. The van der Waals surface area contributed by atoms with Crippen LogP contribution in [0.15, 0.2) is 164 Å². The highest BCUT2D eigenvalue weighted by atomic mass is 16.5. The lowest BCUT2D eigenvalue weighted by Crippen LogP contribution is -2.32. The Morgan fingerprint density at radius 2 is 1.11 bits per heavy atom. The highest BCUT2D eigenvalue weighted by Crippen LogP contribution is 2.62. The topological polar surface area (TPSA) is 33.0 Å². The molecule has 2 atom stereocenters. The van der Waals surface area contributed by atoms with Crippen LogP contribution in [0, 0.1) is 11.3 Å². The van der Waals surface area contributed by atoms with Gasteiger partial charge in [-0.3, -0.25) is 0 Å². The van der Waals surface area contributed by atoms with Crippen molar-refractivity contribution in [2.45, 2.75) is 17.3 Å². The van der Waals surface area contributed by atoms with Crippen LogP contribution in [0.25, 0.3) is 22.3 Å². The second-order valence-electron chi connectivity index (χ2n) is 12.3. The summed E-state index contributed by atoms with van der Waals surface area (Å²) in [6, 6.07) is 51.9. The number of hydrogen-bond donors (Lipinski definition) is 0. The first-order valence-corrected chi connectivity index (χ1v) is 15.8. The van der Waals surface area contributed by atoms with E-state index in [2.05, 4.69) is 158 Å². The van der Waals surface area contributed by atoms with Crippen molar-refractivity contribution in [3.8, 4) is 39.8 Å². The normalized spacial score (nSPS) is 17.7. The van der Waals surface area contributed by atoms with E-state index in [0.29, 0.717) is 5.56 Å². The fraction of sp³-hybridized carbons (Fsp3) is 0.0682. The third-order valence-electron chi connectivity index (χ3n) is 10.0. The molecule has 0 N–H and O–H groups in total. The molecule has 6 aromatic carbocycles. The Kier molecular flexibility index (Phi) is 5.95. The second-order valence-corrected chi connectivity index (χ2v) is 12.3. The largest absolute Gasteiger partial charge is 0.457 e. The maximum Gasteiger partial charge on any atom is 0.132 e. The van der Waals surface area contributed by atoms with Crippen molar-refractivity contribution in [1.29, 1.82) is 5.26 Å². The predicted molar refractivity (Wildman–Crippen MR) is 184 cm³/mol. The van der Waals surface area contributed by atoms with Gasteiger partial charge in [0.05, 0.1) is 17.0 Å². The van der Waals surface area contributed by atoms with Gasteiger partial charge in [-0.1, -0.05) is 140 Å². The van der Waals surface area contributed by atoms with Crippen molar-refractivity contribution in [1.82, 2.24) is 0 Å². The Hall–Kier alpha value is -5.91. The zero-order chi connectivity index (χ0) is 30.7. The summed E-state index contributed by atoms with van der Waals surface area (Å²) in [5, 5.41) is 9.34. The van der Waals surface area contributed by atoms with E-state index in [0.717, 1.165) is 17.1 Å². The molecule has 6 aromatic rings. The fourth-order valence-electron chi connectivity index (χ4n) is 8.08. The molecular weight excluding hydrogens is 558 g/mol. The Labute approximate surface area is 269 Å². The van der Waals surface area contributed by atoms with Crippen LogP contribution in [0.2, 0.25) is 0 Å². The van der Waals surface area contributed by atoms with E-state index >= 15 is 0 Å². The van der Waals surface area contributed by atoms with Gasteiger partial charge < -0.3 is 4.74 Å². The van der Waals surface area contributed by atoms with Crippen LogP contribution in [0.4, 0.5) is 0 Å². The lowest BCUT2D eigenvalue weighted by atomic mass is 9.65. The average Bonchev–Trinajstić information content (AvgIpc) is 3.42. The second kappa shape index (κ2) is 10.3. The van der Waals surface area contributed by atoms with E-state index in [1.54, 1.807) is 0 Å². The summed E-state index contributed by atoms with van der Waals surface area (Å²) in [5.41, 5.74) is 12.5. The number of hydrogen-bond acceptors (Lipinski definition) is 2. The minimum Gasteiger partial charge on any atom is -0.457 e. The van der Waals surface area contributed by atoms with Gasteiger partial charge in [0.15, 0.2) is 0 Å². The van der Waals surface area contributed by atoms with Gasteiger partial charge in [0.2, 0.25) is 0 Å². The SMILES string of the molecule is N#Cc1ccc(-c2ccccc2C2C=CC=CC2c2ccc3c(c2)Oc2ccccc2C32c3ccccc3-c3ccccc32)cc1. The molecular formula is C44H29NO. The van der Waals surface area contributed by atoms with Crippen molar-refractivity contribution in [2.24, 2.45) is 0 Å². The van der Waals surface area contributed by atoms with Crippen molar-refractivity contribution < 1.29 is 4.74 Å². The van der Waals surface area contributed by atoms with Gasteiger partial charge in [-0.2, -0.15) is 5.26 Å². The van der Waals surface area contributed by atoms with E-state index in [1.165, 1.54) is 50.1 Å². The molecule has 2 nitrogen and oxygen atoms in total. The van der Waals surface area contributed by atoms with Crippen molar-refractivity contribution in [2.75, 3.05) is 0 Å². The van der Waals surface area contributed by atoms with E-state index in [1.807, 2.05) is 12.1 Å². The van der Waals surface area contributed by atoms with Gasteiger partial charge in [-0.15, -0.1) is 0 Å². The average molecular weight is 588 g/mol. The molecule has 0 saturated heterocycles. The Morgan fingerprint density at radius 3 is 1.83 bits per heavy atom. The van der Waals surface area contributed by atoms with Crippen LogP contribution in [0.5, 0.6) is 11.5 Å². The first kappa shape index (κ1) is 26.5. The summed E-state index contributed by atoms with van der Waals surface area (Å²) in [4.78, 5) is 0. The van der Waals surface area contributed by atoms with Gasteiger partial charge in [-0.05, 0) is 68.8 Å². The van der Waals surface area contributed by atoms with Crippen LogP contribution >= 0.6 is 0 Å². The van der Waals surface area contributed by atoms with Crippen LogP contribution in [0.3, 0.4) is 0 Å². The summed E-state index contributed by atoms with van der Waals surface area (Å²) in [5.74, 6) is 2.06. The lowest BCUT2D eigenvalue weighted by molar-refractivity contribution is 0.435.